The van der Waals surface area contributed by atoms with Crippen LogP contribution < -0.4 is 5.73 Å². The molecule has 4 nitrogen and oxygen atoms in total. The van der Waals surface area contributed by atoms with E-state index >= 15 is 0 Å². The molecule has 0 amide bonds. The molecule has 3 aromatic rings. The summed E-state index contributed by atoms with van der Waals surface area (Å²) in [7, 11) is 2.05. The molecule has 0 aliphatic heterocycles. The molecule has 20 heavy (non-hydrogen) atoms. The summed E-state index contributed by atoms with van der Waals surface area (Å²) in [6.07, 6.45) is 0. The second kappa shape index (κ2) is 5.55. The van der Waals surface area contributed by atoms with Crippen LogP contribution in [0.2, 0.25) is 0 Å². The summed E-state index contributed by atoms with van der Waals surface area (Å²) in [5, 5.41) is 2.09. The van der Waals surface area contributed by atoms with Crippen molar-refractivity contribution in [3.63, 3.8) is 0 Å². The third kappa shape index (κ3) is 3.03. The summed E-state index contributed by atoms with van der Waals surface area (Å²) in [5.74, 6) is 0.712. The first-order chi connectivity index (χ1) is 9.60. The molecule has 0 fully saturated rings. The highest BCUT2D eigenvalue weighted by Crippen LogP contribution is 2.22. The molecule has 2 aromatic heterocycles. The quantitative estimate of drug-likeness (QED) is 0.725. The first kappa shape index (κ1) is 13.6. The first-order valence-electron chi connectivity index (χ1n) is 6.16. The summed E-state index contributed by atoms with van der Waals surface area (Å²) in [6, 6.07) is 7.65. The second-order valence-electron chi connectivity index (χ2n) is 4.74. The van der Waals surface area contributed by atoms with Gasteiger partial charge in [0.25, 0.3) is 0 Å². The molecular weight excluding hydrogens is 338 g/mol. The fraction of sp³-hybridized carbons (Fsp3) is 0.214. The molecule has 0 aliphatic carbocycles. The van der Waals surface area contributed by atoms with Crippen molar-refractivity contribution in [3.8, 4) is 0 Å². The van der Waals surface area contributed by atoms with Crippen molar-refractivity contribution < 1.29 is 4.42 Å². The molecule has 0 spiro atoms. The Labute approximate surface area is 129 Å². The number of oxazole rings is 1. The Hall–Kier alpha value is -1.37. The predicted octanol–water partition coefficient (Wildman–Crippen LogP) is 3.87. The van der Waals surface area contributed by atoms with Gasteiger partial charge in [-0.05, 0) is 47.2 Å². The lowest BCUT2D eigenvalue weighted by Crippen LogP contribution is -2.16. The highest BCUT2D eigenvalue weighted by atomic mass is 79.9. The van der Waals surface area contributed by atoms with Crippen LogP contribution in [0.25, 0.3) is 11.1 Å². The fourth-order valence-corrected chi connectivity index (χ4v) is 3.58. The van der Waals surface area contributed by atoms with E-state index in [2.05, 4.69) is 44.3 Å². The third-order valence-corrected chi connectivity index (χ3v) is 4.59. The molecule has 0 bridgehead atoms. The molecule has 0 saturated heterocycles. The van der Waals surface area contributed by atoms with Gasteiger partial charge >= 0.3 is 0 Å². The minimum atomic E-state index is 0.671. The number of rotatable bonds is 4. The number of hydrogen-bond acceptors (Lipinski definition) is 5. The van der Waals surface area contributed by atoms with Gasteiger partial charge in [0.05, 0.1) is 6.54 Å². The average Bonchev–Trinajstić information content (AvgIpc) is 2.94. The molecule has 2 heterocycles. The van der Waals surface area contributed by atoms with E-state index in [0.717, 1.165) is 22.1 Å². The van der Waals surface area contributed by atoms with Gasteiger partial charge < -0.3 is 10.2 Å². The SMILES string of the molecule is CN(Cc1nc2cc(N)ccc2o1)Cc1cc(Br)cs1. The van der Waals surface area contributed by atoms with Crippen molar-refractivity contribution in [1.82, 2.24) is 9.88 Å². The van der Waals surface area contributed by atoms with E-state index < -0.39 is 0 Å². The zero-order chi connectivity index (χ0) is 14.1. The number of nitrogen functional groups attached to an aromatic ring is 1. The molecule has 0 unspecified atom stereocenters. The van der Waals surface area contributed by atoms with Gasteiger partial charge in [-0.25, -0.2) is 4.98 Å². The molecule has 0 saturated carbocycles. The van der Waals surface area contributed by atoms with Gasteiger partial charge in [-0.15, -0.1) is 11.3 Å². The van der Waals surface area contributed by atoms with Crippen LogP contribution in [0.1, 0.15) is 10.8 Å². The lowest BCUT2D eigenvalue weighted by atomic mass is 10.3. The Balaban J connectivity index is 1.72. The van der Waals surface area contributed by atoms with Crippen molar-refractivity contribution in [1.29, 1.82) is 0 Å². The van der Waals surface area contributed by atoms with Crippen molar-refractivity contribution >= 4 is 44.1 Å². The molecular formula is C14H14BrN3OS. The van der Waals surface area contributed by atoms with Crippen molar-refractivity contribution in [2.45, 2.75) is 13.1 Å². The summed E-state index contributed by atoms with van der Waals surface area (Å²) in [5.41, 5.74) is 8.04. The highest BCUT2D eigenvalue weighted by molar-refractivity contribution is 9.10. The minimum absolute atomic E-state index is 0.671. The Morgan fingerprint density at radius 1 is 1.35 bits per heavy atom. The van der Waals surface area contributed by atoms with Crippen molar-refractivity contribution in [2.75, 3.05) is 12.8 Å². The largest absolute Gasteiger partial charge is 0.439 e. The molecule has 104 valence electrons. The number of fused-ring (bicyclic) bond motifs is 1. The van der Waals surface area contributed by atoms with E-state index in [4.69, 9.17) is 10.2 Å². The summed E-state index contributed by atoms with van der Waals surface area (Å²) < 4.78 is 6.85. The van der Waals surface area contributed by atoms with Gasteiger partial charge in [0.1, 0.15) is 5.52 Å². The number of hydrogen-bond donors (Lipinski definition) is 1. The smallest absolute Gasteiger partial charge is 0.209 e. The first-order valence-corrected chi connectivity index (χ1v) is 7.84. The molecule has 2 N–H and O–H groups in total. The van der Waals surface area contributed by atoms with Gasteiger partial charge in [0.15, 0.2) is 5.58 Å². The molecule has 0 radical (unpaired) electrons. The van der Waals surface area contributed by atoms with Crippen molar-refractivity contribution in [3.05, 3.63) is 44.9 Å². The lowest BCUT2D eigenvalue weighted by molar-refractivity contribution is 0.287. The standard InChI is InChI=1S/C14H14BrN3OS/c1-18(6-11-4-9(15)8-20-11)7-14-17-12-5-10(16)2-3-13(12)19-14/h2-5,8H,6-7,16H2,1H3. The van der Waals surface area contributed by atoms with Crippen LogP contribution in [0, 0.1) is 0 Å². The summed E-state index contributed by atoms with van der Waals surface area (Å²) >= 11 is 5.21. The maximum atomic E-state index is 5.74. The number of nitrogens with two attached hydrogens (primary N) is 1. The normalized spacial score (nSPS) is 11.6. The number of halogens is 1. The third-order valence-electron chi connectivity index (χ3n) is 2.91. The van der Waals surface area contributed by atoms with Crippen LogP contribution in [0.5, 0.6) is 0 Å². The van der Waals surface area contributed by atoms with E-state index in [1.165, 1.54) is 4.88 Å². The summed E-state index contributed by atoms with van der Waals surface area (Å²) in [6.45, 7) is 1.54. The number of benzene rings is 1. The van der Waals surface area contributed by atoms with E-state index in [0.29, 0.717) is 18.1 Å². The molecule has 6 heteroatoms. The predicted molar refractivity (Wildman–Crippen MR) is 85.6 cm³/mol. The van der Waals surface area contributed by atoms with Crippen LogP contribution in [0.3, 0.4) is 0 Å². The van der Waals surface area contributed by atoms with Gasteiger partial charge in [-0.2, -0.15) is 0 Å². The topological polar surface area (TPSA) is 55.3 Å². The van der Waals surface area contributed by atoms with Gasteiger partial charge in [-0.3, -0.25) is 4.90 Å². The Morgan fingerprint density at radius 2 is 2.20 bits per heavy atom. The van der Waals surface area contributed by atoms with Crippen LogP contribution in [-0.4, -0.2) is 16.9 Å². The van der Waals surface area contributed by atoms with Gasteiger partial charge in [-0.1, -0.05) is 0 Å². The number of thiophene rings is 1. The van der Waals surface area contributed by atoms with E-state index in [-0.39, 0.29) is 0 Å². The van der Waals surface area contributed by atoms with Crippen LogP contribution in [0.4, 0.5) is 5.69 Å². The monoisotopic (exact) mass is 351 g/mol. The fourth-order valence-electron chi connectivity index (χ4n) is 2.05. The zero-order valence-corrected chi connectivity index (χ0v) is 13.4. The molecule has 0 aliphatic rings. The van der Waals surface area contributed by atoms with Gasteiger partial charge in [0, 0.05) is 27.0 Å². The van der Waals surface area contributed by atoms with Crippen molar-refractivity contribution in [2.24, 2.45) is 0 Å². The maximum absolute atomic E-state index is 5.74. The van der Waals surface area contributed by atoms with Crippen LogP contribution in [0.15, 0.2) is 38.5 Å². The molecule has 3 rings (SSSR count). The summed E-state index contributed by atoms with van der Waals surface area (Å²) in [4.78, 5) is 7.94. The average molecular weight is 352 g/mol. The Kier molecular flexibility index (Phi) is 3.78. The minimum Gasteiger partial charge on any atom is -0.439 e. The maximum Gasteiger partial charge on any atom is 0.209 e. The Bertz CT molecular complexity index is 737. The number of nitrogens with zero attached hydrogens (tertiary/aromatic N) is 2. The Morgan fingerprint density at radius 3 is 2.95 bits per heavy atom. The van der Waals surface area contributed by atoms with Gasteiger partial charge in [0.2, 0.25) is 5.89 Å². The van der Waals surface area contributed by atoms with E-state index in [1.54, 1.807) is 11.3 Å². The molecule has 0 atom stereocenters. The number of anilines is 1. The number of aromatic nitrogens is 1. The molecule has 1 aromatic carbocycles. The zero-order valence-electron chi connectivity index (χ0n) is 11.0. The van der Waals surface area contributed by atoms with E-state index in [1.807, 2.05) is 18.2 Å². The van der Waals surface area contributed by atoms with E-state index in [9.17, 15) is 0 Å². The second-order valence-corrected chi connectivity index (χ2v) is 6.65. The van der Waals surface area contributed by atoms with Crippen LogP contribution >= 0.6 is 27.3 Å². The lowest BCUT2D eigenvalue weighted by Gasteiger charge is -2.12. The van der Waals surface area contributed by atoms with Crippen LogP contribution in [-0.2, 0) is 13.1 Å². The highest BCUT2D eigenvalue weighted by Gasteiger charge is 2.10.